The molecular formula is C14H23N2O+. The van der Waals surface area contributed by atoms with Gasteiger partial charge in [-0.1, -0.05) is 17.7 Å². The Morgan fingerprint density at radius 2 is 1.88 bits per heavy atom. The monoisotopic (exact) mass is 235 g/mol. The van der Waals surface area contributed by atoms with Crippen molar-refractivity contribution in [1.82, 2.24) is 0 Å². The number of rotatable bonds is 5. The van der Waals surface area contributed by atoms with Crippen molar-refractivity contribution in [3.63, 3.8) is 0 Å². The van der Waals surface area contributed by atoms with Crippen LogP contribution in [0.15, 0.2) is 18.2 Å². The van der Waals surface area contributed by atoms with E-state index in [0.717, 1.165) is 24.3 Å². The molecular weight excluding hydrogens is 212 g/mol. The van der Waals surface area contributed by atoms with E-state index in [1.807, 2.05) is 19.1 Å². The number of aryl methyl sites for hydroxylation is 2. The number of anilines is 1. The Bertz CT molecular complexity index is 384. The average Bonchev–Trinajstić information content (AvgIpc) is 2.29. The second-order valence-electron chi connectivity index (χ2n) is 4.50. The maximum atomic E-state index is 11.8. The molecule has 3 heteroatoms. The molecule has 1 rings (SSSR count). The van der Waals surface area contributed by atoms with Crippen LogP contribution in [0, 0.1) is 13.8 Å². The summed E-state index contributed by atoms with van der Waals surface area (Å²) in [5.74, 6) is 0.0932. The molecule has 0 saturated carbocycles. The second kappa shape index (κ2) is 6.40. The van der Waals surface area contributed by atoms with E-state index in [2.05, 4.69) is 32.2 Å². The van der Waals surface area contributed by atoms with Crippen molar-refractivity contribution in [3.05, 3.63) is 29.3 Å². The average molecular weight is 235 g/mol. The van der Waals surface area contributed by atoms with E-state index in [0.29, 0.717) is 6.54 Å². The van der Waals surface area contributed by atoms with Crippen LogP contribution in [0.25, 0.3) is 0 Å². The Kier molecular flexibility index (Phi) is 5.16. The summed E-state index contributed by atoms with van der Waals surface area (Å²) in [5.41, 5.74) is 3.26. The van der Waals surface area contributed by atoms with Gasteiger partial charge in [-0.2, -0.15) is 0 Å². The van der Waals surface area contributed by atoms with Gasteiger partial charge in [-0.15, -0.1) is 0 Å². The lowest BCUT2D eigenvalue weighted by Gasteiger charge is -2.15. The lowest BCUT2D eigenvalue weighted by molar-refractivity contribution is -0.888. The number of hydrogen-bond acceptors (Lipinski definition) is 1. The molecule has 0 unspecified atom stereocenters. The summed E-state index contributed by atoms with van der Waals surface area (Å²) in [5, 5.41) is 2.98. The molecule has 0 aliphatic carbocycles. The molecule has 1 aromatic rings. The van der Waals surface area contributed by atoms with Crippen molar-refractivity contribution in [1.29, 1.82) is 0 Å². The third-order valence-corrected chi connectivity index (χ3v) is 3.07. The quantitative estimate of drug-likeness (QED) is 0.789. The molecule has 0 aliphatic heterocycles. The fraction of sp³-hybridized carbons (Fsp3) is 0.500. The summed E-state index contributed by atoms with van der Waals surface area (Å²) < 4.78 is 0. The van der Waals surface area contributed by atoms with Crippen molar-refractivity contribution in [3.8, 4) is 0 Å². The topological polar surface area (TPSA) is 33.5 Å². The first-order valence-corrected chi connectivity index (χ1v) is 6.27. The smallest absolute Gasteiger partial charge is 0.279 e. The van der Waals surface area contributed by atoms with E-state index in [1.165, 1.54) is 10.5 Å². The first-order valence-electron chi connectivity index (χ1n) is 6.27. The molecule has 0 radical (unpaired) electrons. The maximum Gasteiger partial charge on any atom is 0.279 e. The highest BCUT2D eigenvalue weighted by Gasteiger charge is 2.11. The fourth-order valence-electron chi connectivity index (χ4n) is 1.88. The summed E-state index contributed by atoms with van der Waals surface area (Å²) in [6.07, 6.45) is 0. The van der Waals surface area contributed by atoms with Crippen molar-refractivity contribution < 1.29 is 9.69 Å². The molecule has 0 spiro atoms. The van der Waals surface area contributed by atoms with E-state index in [1.54, 1.807) is 0 Å². The van der Waals surface area contributed by atoms with Crippen LogP contribution in [0.2, 0.25) is 0 Å². The number of amides is 1. The van der Waals surface area contributed by atoms with Gasteiger partial charge < -0.3 is 10.2 Å². The number of benzene rings is 1. The summed E-state index contributed by atoms with van der Waals surface area (Å²) >= 11 is 0. The van der Waals surface area contributed by atoms with Crippen molar-refractivity contribution in [2.75, 3.05) is 25.0 Å². The summed E-state index contributed by atoms with van der Waals surface area (Å²) in [7, 11) is 0. The minimum atomic E-state index is 0.0932. The largest absolute Gasteiger partial charge is 0.328 e. The summed E-state index contributed by atoms with van der Waals surface area (Å²) in [4.78, 5) is 13.1. The third-order valence-electron chi connectivity index (χ3n) is 3.07. The van der Waals surface area contributed by atoms with Gasteiger partial charge in [0.2, 0.25) is 0 Å². The molecule has 1 aromatic carbocycles. The molecule has 0 saturated heterocycles. The minimum absolute atomic E-state index is 0.0932. The Balaban J connectivity index is 2.62. The van der Waals surface area contributed by atoms with Gasteiger partial charge in [-0.05, 0) is 39.3 Å². The van der Waals surface area contributed by atoms with Crippen LogP contribution in [0.5, 0.6) is 0 Å². The second-order valence-corrected chi connectivity index (χ2v) is 4.50. The Labute approximate surface area is 104 Å². The molecule has 2 N–H and O–H groups in total. The molecule has 0 heterocycles. The molecule has 0 fully saturated rings. The van der Waals surface area contributed by atoms with Crippen LogP contribution >= 0.6 is 0 Å². The van der Waals surface area contributed by atoms with Gasteiger partial charge in [-0.25, -0.2) is 0 Å². The molecule has 17 heavy (non-hydrogen) atoms. The predicted molar refractivity (Wildman–Crippen MR) is 71.5 cm³/mol. The number of hydrogen-bond donors (Lipinski definition) is 2. The zero-order valence-corrected chi connectivity index (χ0v) is 11.3. The van der Waals surface area contributed by atoms with Crippen LogP contribution in [-0.4, -0.2) is 25.5 Å². The van der Waals surface area contributed by atoms with Gasteiger partial charge in [0.15, 0.2) is 6.54 Å². The summed E-state index contributed by atoms with van der Waals surface area (Å²) in [6, 6.07) is 6.08. The molecule has 0 bridgehead atoms. The standard InChI is InChI=1S/C14H22N2O/c1-5-16(6-2)10-14(17)15-13-8-7-11(3)9-12(13)4/h7-9H,5-6,10H2,1-4H3,(H,15,17)/p+1. The van der Waals surface area contributed by atoms with E-state index >= 15 is 0 Å². The molecule has 0 aliphatic rings. The molecule has 94 valence electrons. The normalized spacial score (nSPS) is 10.6. The SMILES string of the molecule is CC[NH+](CC)CC(=O)Nc1ccc(C)cc1C. The molecule has 0 aromatic heterocycles. The van der Waals surface area contributed by atoms with Gasteiger partial charge in [0.1, 0.15) is 0 Å². The van der Waals surface area contributed by atoms with Gasteiger partial charge in [0.25, 0.3) is 5.91 Å². The Hall–Kier alpha value is -1.35. The fourth-order valence-corrected chi connectivity index (χ4v) is 1.88. The zero-order valence-electron chi connectivity index (χ0n) is 11.3. The minimum Gasteiger partial charge on any atom is -0.328 e. The van der Waals surface area contributed by atoms with Crippen LogP contribution in [0.1, 0.15) is 25.0 Å². The highest BCUT2D eigenvalue weighted by Crippen LogP contribution is 2.15. The van der Waals surface area contributed by atoms with Crippen LogP contribution in [0.3, 0.4) is 0 Å². The highest BCUT2D eigenvalue weighted by molar-refractivity contribution is 5.92. The Morgan fingerprint density at radius 3 is 2.41 bits per heavy atom. The Morgan fingerprint density at radius 1 is 1.24 bits per heavy atom. The van der Waals surface area contributed by atoms with Crippen LogP contribution < -0.4 is 10.2 Å². The van der Waals surface area contributed by atoms with Crippen molar-refractivity contribution in [2.45, 2.75) is 27.7 Å². The number of quaternary nitrogens is 1. The predicted octanol–water partition coefficient (Wildman–Crippen LogP) is 1.17. The van der Waals surface area contributed by atoms with Gasteiger partial charge in [0.05, 0.1) is 13.1 Å². The van der Waals surface area contributed by atoms with Gasteiger partial charge in [-0.3, -0.25) is 4.79 Å². The van der Waals surface area contributed by atoms with E-state index < -0.39 is 0 Å². The van der Waals surface area contributed by atoms with Crippen molar-refractivity contribution >= 4 is 11.6 Å². The summed E-state index contributed by atoms with van der Waals surface area (Å²) in [6.45, 7) is 10.8. The zero-order chi connectivity index (χ0) is 12.8. The number of nitrogens with one attached hydrogen (secondary N) is 2. The van der Waals surface area contributed by atoms with E-state index in [4.69, 9.17) is 0 Å². The molecule has 0 atom stereocenters. The number of likely N-dealkylation sites (N-methyl/N-ethyl adjacent to an activating group) is 1. The van der Waals surface area contributed by atoms with E-state index in [9.17, 15) is 4.79 Å². The molecule has 1 amide bonds. The maximum absolute atomic E-state index is 11.8. The number of carbonyl (C=O) groups excluding carboxylic acids is 1. The van der Waals surface area contributed by atoms with Gasteiger partial charge >= 0.3 is 0 Å². The van der Waals surface area contributed by atoms with Gasteiger partial charge in [0, 0.05) is 5.69 Å². The van der Waals surface area contributed by atoms with Crippen molar-refractivity contribution in [2.24, 2.45) is 0 Å². The first-order chi connectivity index (χ1) is 8.06. The number of carbonyl (C=O) groups is 1. The molecule has 3 nitrogen and oxygen atoms in total. The van der Waals surface area contributed by atoms with Crippen LogP contribution in [0.4, 0.5) is 5.69 Å². The lowest BCUT2D eigenvalue weighted by Crippen LogP contribution is -3.12. The lowest BCUT2D eigenvalue weighted by atomic mass is 10.1. The third kappa shape index (κ3) is 4.19. The highest BCUT2D eigenvalue weighted by atomic mass is 16.2. The van der Waals surface area contributed by atoms with Crippen LogP contribution in [-0.2, 0) is 4.79 Å². The first kappa shape index (κ1) is 13.7. The van der Waals surface area contributed by atoms with E-state index in [-0.39, 0.29) is 5.91 Å².